The van der Waals surface area contributed by atoms with E-state index in [-0.39, 0.29) is 5.97 Å². The monoisotopic (exact) mass is 353 g/mol. The average molecular weight is 354 g/mol. The molecule has 0 bridgehead atoms. The summed E-state index contributed by atoms with van der Waals surface area (Å²) >= 11 is 3.42. The maximum Gasteiger partial charge on any atom is 0.339 e. The molecular weight excluding hydrogens is 338 g/mol. The van der Waals surface area contributed by atoms with Crippen molar-refractivity contribution < 1.29 is 14.3 Å². The van der Waals surface area contributed by atoms with E-state index < -0.39 is 0 Å². The third-order valence-corrected chi connectivity index (χ3v) is 3.74. The summed E-state index contributed by atoms with van der Waals surface area (Å²) in [5.41, 5.74) is 1.43. The summed E-state index contributed by atoms with van der Waals surface area (Å²) < 4.78 is 13.1. The summed E-state index contributed by atoms with van der Waals surface area (Å²) in [6, 6.07) is 1.82. The Hall–Kier alpha value is -1.60. The van der Waals surface area contributed by atoms with Crippen molar-refractivity contribution in [2.75, 3.05) is 37.8 Å². The number of anilines is 1. The SMILES string of the molecule is CCOC(=O)c1cc2c(N3CCOCC3)nc(Br)cn2c1. The number of halogens is 1. The first-order chi connectivity index (χ1) is 10.2. The fraction of sp³-hybridized carbons (Fsp3) is 0.429. The molecule has 3 rings (SSSR count). The standard InChI is InChI=1S/C14H16BrN3O3/c1-2-21-14(19)10-7-11-13(17-3-5-20-6-4-17)16-12(15)9-18(11)8-10/h7-9H,2-6H2,1H3. The third kappa shape index (κ3) is 2.89. The smallest absolute Gasteiger partial charge is 0.339 e. The minimum atomic E-state index is -0.315. The molecule has 3 heterocycles. The summed E-state index contributed by atoms with van der Waals surface area (Å²) in [6.45, 7) is 5.12. The van der Waals surface area contributed by atoms with Gasteiger partial charge in [-0.1, -0.05) is 0 Å². The molecule has 2 aromatic rings. The van der Waals surface area contributed by atoms with Crippen LogP contribution < -0.4 is 4.90 Å². The fourth-order valence-electron chi connectivity index (χ4n) is 2.40. The lowest BCUT2D eigenvalue weighted by Crippen LogP contribution is -2.37. The summed E-state index contributed by atoms with van der Waals surface area (Å²) in [6.07, 6.45) is 3.60. The Bertz CT molecular complexity index is 665. The number of rotatable bonds is 3. The van der Waals surface area contributed by atoms with Gasteiger partial charge in [0.2, 0.25) is 0 Å². The van der Waals surface area contributed by atoms with Crippen LogP contribution in [0.5, 0.6) is 0 Å². The summed E-state index contributed by atoms with van der Waals surface area (Å²) in [5, 5.41) is 0. The first-order valence-corrected chi connectivity index (χ1v) is 7.66. The van der Waals surface area contributed by atoms with Gasteiger partial charge in [0.1, 0.15) is 4.60 Å². The zero-order chi connectivity index (χ0) is 14.8. The molecular formula is C14H16BrN3O3. The average Bonchev–Trinajstić information content (AvgIpc) is 2.91. The number of carbonyl (C=O) groups excluding carboxylic acids is 1. The van der Waals surface area contributed by atoms with Gasteiger partial charge in [0.15, 0.2) is 5.82 Å². The van der Waals surface area contributed by atoms with Crippen molar-refractivity contribution in [3.63, 3.8) is 0 Å². The number of esters is 1. The Labute approximate surface area is 130 Å². The van der Waals surface area contributed by atoms with Crippen molar-refractivity contribution in [1.29, 1.82) is 0 Å². The fourth-order valence-corrected chi connectivity index (χ4v) is 2.79. The van der Waals surface area contributed by atoms with Gasteiger partial charge in [-0.2, -0.15) is 0 Å². The molecule has 0 saturated carbocycles. The van der Waals surface area contributed by atoms with Gasteiger partial charge in [0, 0.05) is 25.5 Å². The van der Waals surface area contributed by atoms with Gasteiger partial charge in [0.25, 0.3) is 0 Å². The molecule has 7 heteroatoms. The predicted molar refractivity (Wildman–Crippen MR) is 81.9 cm³/mol. The van der Waals surface area contributed by atoms with E-state index in [0.29, 0.717) is 25.4 Å². The number of fused-ring (bicyclic) bond motifs is 1. The first kappa shape index (κ1) is 14.3. The van der Waals surface area contributed by atoms with Crippen LogP contribution in [0, 0.1) is 0 Å². The van der Waals surface area contributed by atoms with Crippen molar-refractivity contribution in [2.45, 2.75) is 6.92 Å². The molecule has 0 aliphatic carbocycles. The molecule has 1 saturated heterocycles. The van der Waals surface area contributed by atoms with Crippen molar-refractivity contribution in [3.8, 4) is 0 Å². The van der Waals surface area contributed by atoms with Crippen LogP contribution >= 0.6 is 15.9 Å². The number of nitrogens with zero attached hydrogens (tertiary/aromatic N) is 3. The summed E-state index contributed by atoms with van der Waals surface area (Å²) in [7, 11) is 0. The van der Waals surface area contributed by atoms with Crippen LogP contribution in [0.15, 0.2) is 23.1 Å². The van der Waals surface area contributed by atoms with E-state index in [9.17, 15) is 4.79 Å². The van der Waals surface area contributed by atoms with E-state index in [1.165, 1.54) is 0 Å². The molecule has 21 heavy (non-hydrogen) atoms. The maximum atomic E-state index is 11.9. The largest absolute Gasteiger partial charge is 0.462 e. The molecule has 1 fully saturated rings. The molecule has 1 aliphatic rings. The highest BCUT2D eigenvalue weighted by atomic mass is 79.9. The van der Waals surface area contributed by atoms with E-state index in [2.05, 4.69) is 25.8 Å². The van der Waals surface area contributed by atoms with E-state index in [0.717, 1.165) is 29.0 Å². The zero-order valence-corrected chi connectivity index (χ0v) is 13.3. The minimum Gasteiger partial charge on any atom is -0.462 e. The highest BCUT2D eigenvalue weighted by Crippen LogP contribution is 2.25. The Morgan fingerprint density at radius 3 is 2.90 bits per heavy atom. The lowest BCUT2D eigenvalue weighted by Gasteiger charge is -2.28. The van der Waals surface area contributed by atoms with Crippen LogP contribution in [-0.2, 0) is 9.47 Å². The van der Waals surface area contributed by atoms with Crippen LogP contribution in [0.4, 0.5) is 5.82 Å². The van der Waals surface area contributed by atoms with Gasteiger partial charge in [-0.05, 0) is 28.9 Å². The Morgan fingerprint density at radius 1 is 1.43 bits per heavy atom. The van der Waals surface area contributed by atoms with E-state index >= 15 is 0 Å². The Morgan fingerprint density at radius 2 is 2.19 bits per heavy atom. The van der Waals surface area contributed by atoms with Crippen LogP contribution in [-0.4, -0.2) is 48.3 Å². The number of carbonyl (C=O) groups is 1. The van der Waals surface area contributed by atoms with Crippen molar-refractivity contribution in [1.82, 2.24) is 9.38 Å². The first-order valence-electron chi connectivity index (χ1n) is 6.87. The van der Waals surface area contributed by atoms with Gasteiger partial charge >= 0.3 is 5.97 Å². The zero-order valence-electron chi connectivity index (χ0n) is 11.7. The number of hydrogen-bond acceptors (Lipinski definition) is 5. The Kier molecular flexibility index (Phi) is 4.12. The van der Waals surface area contributed by atoms with E-state index in [4.69, 9.17) is 9.47 Å². The highest BCUT2D eigenvalue weighted by molar-refractivity contribution is 9.10. The second-order valence-corrected chi connectivity index (χ2v) is 5.54. The summed E-state index contributed by atoms with van der Waals surface area (Å²) in [4.78, 5) is 18.6. The van der Waals surface area contributed by atoms with E-state index in [1.54, 1.807) is 13.1 Å². The molecule has 0 aromatic carbocycles. The normalized spacial score (nSPS) is 15.4. The van der Waals surface area contributed by atoms with E-state index in [1.807, 2.05) is 16.7 Å². The lowest BCUT2D eigenvalue weighted by molar-refractivity contribution is 0.0526. The quantitative estimate of drug-likeness (QED) is 0.791. The Balaban J connectivity index is 2.04. The lowest BCUT2D eigenvalue weighted by atomic mass is 10.3. The molecule has 1 aliphatic heterocycles. The van der Waals surface area contributed by atoms with Crippen molar-refractivity contribution >= 4 is 33.2 Å². The number of morpholine rings is 1. The summed E-state index contributed by atoms with van der Waals surface area (Å²) in [5.74, 6) is 0.536. The van der Waals surface area contributed by atoms with Crippen molar-refractivity contribution in [3.05, 3.63) is 28.6 Å². The van der Waals surface area contributed by atoms with Crippen LogP contribution in [0.2, 0.25) is 0 Å². The van der Waals surface area contributed by atoms with Gasteiger partial charge in [-0.3, -0.25) is 0 Å². The molecule has 0 atom stereocenters. The molecule has 2 aromatic heterocycles. The van der Waals surface area contributed by atoms with Crippen LogP contribution in [0.1, 0.15) is 17.3 Å². The van der Waals surface area contributed by atoms with Gasteiger partial charge < -0.3 is 18.8 Å². The highest BCUT2D eigenvalue weighted by Gasteiger charge is 2.19. The number of aromatic nitrogens is 2. The minimum absolute atomic E-state index is 0.315. The van der Waals surface area contributed by atoms with Gasteiger partial charge in [-0.25, -0.2) is 9.78 Å². The molecule has 6 nitrogen and oxygen atoms in total. The topological polar surface area (TPSA) is 56.1 Å². The number of ether oxygens (including phenoxy) is 2. The number of hydrogen-bond donors (Lipinski definition) is 0. The molecule has 0 unspecified atom stereocenters. The van der Waals surface area contributed by atoms with Crippen LogP contribution in [0.3, 0.4) is 0 Å². The van der Waals surface area contributed by atoms with Gasteiger partial charge in [-0.15, -0.1) is 0 Å². The molecule has 0 radical (unpaired) electrons. The van der Waals surface area contributed by atoms with Gasteiger partial charge in [0.05, 0.1) is 30.9 Å². The molecule has 0 N–H and O–H groups in total. The molecule has 112 valence electrons. The second kappa shape index (κ2) is 6.03. The second-order valence-electron chi connectivity index (χ2n) is 4.73. The molecule has 0 amide bonds. The molecule has 0 spiro atoms. The third-order valence-electron chi connectivity index (χ3n) is 3.36. The maximum absolute atomic E-state index is 11.9. The van der Waals surface area contributed by atoms with Crippen LogP contribution in [0.25, 0.3) is 5.52 Å². The predicted octanol–water partition coefficient (Wildman–Crippen LogP) is 2.11. The van der Waals surface area contributed by atoms with Crippen molar-refractivity contribution in [2.24, 2.45) is 0 Å².